The number of hydrogen-bond donors (Lipinski definition) is 1. The van der Waals surface area contributed by atoms with E-state index in [9.17, 15) is 9.90 Å². The highest BCUT2D eigenvalue weighted by Crippen LogP contribution is 2.48. The van der Waals surface area contributed by atoms with Crippen LogP contribution in [-0.2, 0) is 11.2 Å². The maximum atomic E-state index is 13.4. The average molecular weight is 458 g/mol. The van der Waals surface area contributed by atoms with Crippen LogP contribution in [0.1, 0.15) is 42.0 Å². The summed E-state index contributed by atoms with van der Waals surface area (Å²) in [6.45, 7) is 2.22. The quantitative estimate of drug-likeness (QED) is 0.525. The maximum Gasteiger partial charge on any atom is 0.254 e. The van der Waals surface area contributed by atoms with Crippen LogP contribution in [0, 0.1) is 0 Å². The van der Waals surface area contributed by atoms with Crippen molar-refractivity contribution in [2.75, 3.05) is 20.8 Å². The number of rotatable bonds is 3. The Kier molecular flexibility index (Phi) is 5.30. The Hall–Kier alpha value is -2.47. The zero-order chi connectivity index (χ0) is 20.7. The van der Waals surface area contributed by atoms with Crippen molar-refractivity contribution >= 4 is 21.8 Å². The second kappa shape index (κ2) is 7.75. The number of amides is 1. The van der Waals surface area contributed by atoms with E-state index < -0.39 is 0 Å². The van der Waals surface area contributed by atoms with E-state index in [0.29, 0.717) is 30.0 Å². The van der Waals surface area contributed by atoms with Crippen LogP contribution in [0.2, 0.25) is 0 Å². The summed E-state index contributed by atoms with van der Waals surface area (Å²) >= 11 is 3.47. The number of allylic oxidation sites excluding steroid dienone is 1. The number of nitrogens with zero attached hydrogens (tertiary/aromatic N) is 1. The Balaban J connectivity index is 1.81. The van der Waals surface area contributed by atoms with Crippen LogP contribution in [0.5, 0.6) is 11.5 Å². The van der Waals surface area contributed by atoms with E-state index >= 15 is 0 Å². The molecular formula is C23H24BrNO4. The largest absolute Gasteiger partial charge is 0.512 e. The molecule has 2 aliphatic rings. The van der Waals surface area contributed by atoms with Gasteiger partial charge in [-0.05, 0) is 60.7 Å². The lowest BCUT2D eigenvalue weighted by Crippen LogP contribution is -2.46. The monoisotopic (exact) mass is 457 g/mol. The summed E-state index contributed by atoms with van der Waals surface area (Å²) in [5.41, 5.74) is 3.79. The predicted octanol–water partition coefficient (Wildman–Crippen LogP) is 4.91. The van der Waals surface area contributed by atoms with E-state index in [1.54, 1.807) is 21.1 Å². The molecule has 1 amide bonds. The van der Waals surface area contributed by atoms with Gasteiger partial charge in [0.05, 0.1) is 31.6 Å². The number of aliphatic hydroxyl groups is 1. The fourth-order valence-corrected chi connectivity index (χ4v) is 4.84. The summed E-state index contributed by atoms with van der Waals surface area (Å²) in [6.07, 6.45) is 1.46. The molecule has 6 heteroatoms. The highest BCUT2D eigenvalue weighted by atomic mass is 79.9. The normalized spacial score (nSPS) is 22.6. The Bertz CT molecular complexity index is 979. The minimum atomic E-state index is -0.166. The number of halogens is 1. The first-order valence-electron chi connectivity index (χ1n) is 9.65. The minimum Gasteiger partial charge on any atom is -0.512 e. The number of hydrogen-bond acceptors (Lipinski definition) is 4. The number of piperidine rings is 1. The molecule has 2 atom stereocenters. The second-order valence-electron chi connectivity index (χ2n) is 7.51. The van der Waals surface area contributed by atoms with E-state index in [1.807, 2.05) is 41.3 Å². The van der Waals surface area contributed by atoms with Gasteiger partial charge < -0.3 is 19.5 Å². The molecule has 152 valence electrons. The van der Waals surface area contributed by atoms with Gasteiger partial charge >= 0.3 is 0 Å². The fraction of sp³-hybridized carbons (Fsp3) is 0.348. The van der Waals surface area contributed by atoms with Crippen molar-refractivity contribution in [1.29, 1.82) is 0 Å². The minimum absolute atomic E-state index is 0.0668. The fourth-order valence-electron chi connectivity index (χ4n) is 4.58. The molecule has 0 spiro atoms. The van der Waals surface area contributed by atoms with Crippen LogP contribution in [0.25, 0.3) is 0 Å². The molecule has 5 nitrogen and oxygen atoms in total. The van der Waals surface area contributed by atoms with Crippen molar-refractivity contribution in [3.63, 3.8) is 0 Å². The van der Waals surface area contributed by atoms with Crippen LogP contribution >= 0.6 is 15.9 Å². The van der Waals surface area contributed by atoms with E-state index in [1.165, 1.54) is 5.56 Å². The van der Waals surface area contributed by atoms with Crippen LogP contribution < -0.4 is 9.47 Å². The third-order valence-corrected chi connectivity index (χ3v) is 6.49. The van der Waals surface area contributed by atoms with Gasteiger partial charge in [-0.1, -0.05) is 28.1 Å². The van der Waals surface area contributed by atoms with Crippen LogP contribution in [0.4, 0.5) is 0 Å². The molecule has 2 aromatic rings. The topological polar surface area (TPSA) is 59.0 Å². The molecule has 1 N–H and O–H groups in total. The van der Waals surface area contributed by atoms with Gasteiger partial charge in [0.1, 0.15) is 0 Å². The van der Waals surface area contributed by atoms with E-state index in [-0.39, 0.29) is 23.6 Å². The first-order valence-corrected chi connectivity index (χ1v) is 10.4. The lowest BCUT2D eigenvalue weighted by Gasteiger charge is -2.44. The Morgan fingerprint density at radius 1 is 1.14 bits per heavy atom. The third kappa shape index (κ3) is 3.39. The summed E-state index contributed by atoms with van der Waals surface area (Å²) in [6, 6.07) is 11.9. The van der Waals surface area contributed by atoms with Gasteiger partial charge in [0.2, 0.25) is 0 Å². The molecular weight excluding hydrogens is 434 g/mol. The number of fused-ring (bicyclic) bond motifs is 3. The molecule has 0 radical (unpaired) electrons. The number of carbonyl (C=O) groups excluding carboxylic acids is 1. The smallest absolute Gasteiger partial charge is 0.254 e. The SMILES string of the molecule is COc1cc2c(cc1OC)[C@@H]1C[C@@H](c3ccc(Br)cc3)/C(=C(\C)O)C(=O)N1CC2. The lowest BCUT2D eigenvalue weighted by molar-refractivity contribution is -0.132. The first-order chi connectivity index (χ1) is 13.9. The molecule has 0 saturated carbocycles. The van der Waals surface area contributed by atoms with Gasteiger partial charge in [0, 0.05) is 16.9 Å². The summed E-state index contributed by atoms with van der Waals surface area (Å²) in [7, 11) is 3.26. The van der Waals surface area contributed by atoms with Crippen molar-refractivity contribution in [2.24, 2.45) is 0 Å². The summed E-state index contributed by atoms with van der Waals surface area (Å²) in [5, 5.41) is 10.4. The molecule has 2 aliphatic heterocycles. The molecule has 0 bridgehead atoms. The molecule has 0 aromatic heterocycles. The van der Waals surface area contributed by atoms with Crippen molar-refractivity contribution in [2.45, 2.75) is 31.7 Å². The lowest BCUT2D eigenvalue weighted by atomic mass is 9.76. The summed E-state index contributed by atoms with van der Waals surface area (Å²) in [4.78, 5) is 15.3. The third-order valence-electron chi connectivity index (χ3n) is 5.96. The van der Waals surface area contributed by atoms with E-state index in [0.717, 1.165) is 22.0 Å². The Morgan fingerprint density at radius 2 is 1.79 bits per heavy atom. The number of ether oxygens (including phenoxy) is 2. The van der Waals surface area contributed by atoms with Crippen molar-refractivity contribution in [3.8, 4) is 11.5 Å². The number of benzene rings is 2. The van der Waals surface area contributed by atoms with Crippen LogP contribution in [0.3, 0.4) is 0 Å². The zero-order valence-corrected chi connectivity index (χ0v) is 18.3. The number of aliphatic hydroxyl groups excluding tert-OH is 1. The Morgan fingerprint density at radius 3 is 2.41 bits per heavy atom. The molecule has 2 heterocycles. The molecule has 1 fully saturated rings. The Labute approximate surface area is 179 Å². The summed E-state index contributed by atoms with van der Waals surface area (Å²) in [5.74, 6) is 1.22. The van der Waals surface area contributed by atoms with E-state index in [4.69, 9.17) is 9.47 Å². The van der Waals surface area contributed by atoms with Crippen molar-refractivity contribution < 1.29 is 19.4 Å². The van der Waals surface area contributed by atoms with Crippen LogP contribution in [-0.4, -0.2) is 36.7 Å². The average Bonchev–Trinajstić information content (AvgIpc) is 2.72. The molecule has 29 heavy (non-hydrogen) atoms. The van der Waals surface area contributed by atoms with Gasteiger partial charge in [0.15, 0.2) is 11.5 Å². The van der Waals surface area contributed by atoms with E-state index in [2.05, 4.69) is 15.9 Å². The second-order valence-corrected chi connectivity index (χ2v) is 8.42. The van der Waals surface area contributed by atoms with Crippen molar-refractivity contribution in [1.82, 2.24) is 4.90 Å². The molecule has 2 aromatic carbocycles. The highest BCUT2D eigenvalue weighted by Gasteiger charge is 2.43. The molecule has 0 unspecified atom stereocenters. The standard InChI is InChI=1S/C23H24BrNO4/c1-13(26)22-18(14-4-6-16(24)7-5-14)11-19-17-12-21(29-3)20(28-2)10-15(17)8-9-25(19)23(22)27/h4-7,10,12,18-19,26H,8-9,11H2,1-3H3/b22-13-/t18-,19-/m0/s1. The molecule has 4 rings (SSSR count). The van der Waals surface area contributed by atoms with Gasteiger partial charge in [-0.3, -0.25) is 4.79 Å². The van der Waals surface area contributed by atoms with Crippen LogP contribution in [0.15, 0.2) is 52.2 Å². The highest BCUT2D eigenvalue weighted by molar-refractivity contribution is 9.10. The molecule has 0 aliphatic carbocycles. The number of carbonyl (C=O) groups is 1. The summed E-state index contributed by atoms with van der Waals surface area (Å²) < 4.78 is 12.0. The predicted molar refractivity (Wildman–Crippen MR) is 115 cm³/mol. The van der Waals surface area contributed by atoms with Gasteiger partial charge in [0.25, 0.3) is 5.91 Å². The first kappa shape index (κ1) is 19.8. The number of methoxy groups -OCH3 is 2. The van der Waals surface area contributed by atoms with Crippen molar-refractivity contribution in [3.05, 3.63) is 68.9 Å². The van der Waals surface area contributed by atoms with Gasteiger partial charge in [-0.15, -0.1) is 0 Å². The van der Waals surface area contributed by atoms with Gasteiger partial charge in [-0.25, -0.2) is 0 Å². The maximum absolute atomic E-state index is 13.4. The zero-order valence-electron chi connectivity index (χ0n) is 16.7. The van der Waals surface area contributed by atoms with Gasteiger partial charge in [-0.2, -0.15) is 0 Å². The molecule has 1 saturated heterocycles.